The van der Waals surface area contributed by atoms with Crippen molar-refractivity contribution in [3.8, 4) is 22.6 Å². The Kier molecular flexibility index (Phi) is 6.35. The van der Waals surface area contributed by atoms with Crippen molar-refractivity contribution in [1.82, 2.24) is 0 Å². The van der Waals surface area contributed by atoms with Crippen molar-refractivity contribution in [2.45, 2.75) is 0 Å². The van der Waals surface area contributed by atoms with Gasteiger partial charge in [-0.25, -0.2) is 0 Å². The van der Waals surface area contributed by atoms with Crippen molar-refractivity contribution < 1.29 is 9.47 Å². The van der Waals surface area contributed by atoms with Gasteiger partial charge in [0.1, 0.15) is 11.5 Å². The van der Waals surface area contributed by atoms with Gasteiger partial charge in [-0.3, -0.25) is 0 Å². The number of rotatable bonds is 6. The molecule has 0 N–H and O–H groups in total. The normalized spacial score (nSPS) is 11.2. The molecule has 0 fully saturated rings. The summed E-state index contributed by atoms with van der Waals surface area (Å²) in [7, 11) is 2.53. The summed E-state index contributed by atoms with van der Waals surface area (Å²) in [5, 5.41) is 8.78. The van der Waals surface area contributed by atoms with Crippen molar-refractivity contribution in [2.24, 2.45) is 0 Å². The van der Waals surface area contributed by atoms with Gasteiger partial charge in [0.05, 0.1) is 14.2 Å². The van der Waals surface area contributed by atoms with E-state index in [1.54, 1.807) is 14.2 Å². The number of hydrogen-bond acceptors (Lipinski definition) is 2. The molecule has 0 heterocycles. The lowest BCUT2D eigenvalue weighted by atomic mass is 9.94. The fourth-order valence-corrected chi connectivity index (χ4v) is 7.62. The van der Waals surface area contributed by atoms with E-state index in [4.69, 9.17) is 9.47 Å². The number of ether oxygens (including phenoxy) is 2. The predicted octanol–water partition coefficient (Wildman–Crippen LogP) is 7.44. The lowest BCUT2D eigenvalue weighted by molar-refractivity contribution is 0.415. The molecule has 0 saturated heterocycles. The molecule has 6 aromatic rings. The van der Waals surface area contributed by atoms with Crippen LogP contribution in [0.5, 0.6) is 11.5 Å². The fraction of sp³-hybridized carbons (Fsp3) is 0.0588. The molecular formula is C34H27O2P. The maximum absolute atomic E-state index is 5.65. The van der Waals surface area contributed by atoms with Gasteiger partial charge >= 0.3 is 0 Å². The van der Waals surface area contributed by atoms with E-state index >= 15 is 0 Å². The Morgan fingerprint density at radius 3 is 1.68 bits per heavy atom. The molecule has 0 aromatic heterocycles. The average molecular weight is 499 g/mol. The smallest absolute Gasteiger partial charge is 0.119 e. The first-order chi connectivity index (χ1) is 18.3. The molecule has 0 spiro atoms. The summed E-state index contributed by atoms with van der Waals surface area (Å²) in [5.41, 5.74) is 2.54. The first kappa shape index (κ1) is 23.3. The van der Waals surface area contributed by atoms with Crippen LogP contribution in [-0.2, 0) is 0 Å². The highest BCUT2D eigenvalue weighted by Gasteiger charge is 2.24. The topological polar surface area (TPSA) is 18.5 Å². The summed E-state index contributed by atoms with van der Waals surface area (Å²) in [6.07, 6.45) is 0. The Bertz CT molecular complexity index is 1670. The van der Waals surface area contributed by atoms with Gasteiger partial charge in [-0.15, -0.1) is 0 Å². The summed E-state index contributed by atoms with van der Waals surface area (Å²) in [4.78, 5) is 0. The van der Waals surface area contributed by atoms with E-state index < -0.39 is 7.92 Å². The molecule has 0 saturated carbocycles. The van der Waals surface area contributed by atoms with Crippen LogP contribution in [0.1, 0.15) is 0 Å². The number of methoxy groups -OCH3 is 2. The molecule has 37 heavy (non-hydrogen) atoms. The minimum Gasteiger partial charge on any atom is -0.497 e. The molecule has 6 aromatic carbocycles. The van der Waals surface area contributed by atoms with Crippen LogP contribution < -0.4 is 25.4 Å². The van der Waals surface area contributed by atoms with Gasteiger partial charge in [0.2, 0.25) is 0 Å². The van der Waals surface area contributed by atoms with Crippen LogP contribution in [0.3, 0.4) is 0 Å². The van der Waals surface area contributed by atoms with Gasteiger partial charge in [-0.1, -0.05) is 103 Å². The summed E-state index contributed by atoms with van der Waals surface area (Å²) < 4.78 is 11.3. The second kappa shape index (κ2) is 10.1. The predicted molar refractivity (Wildman–Crippen MR) is 159 cm³/mol. The first-order valence-electron chi connectivity index (χ1n) is 12.3. The van der Waals surface area contributed by atoms with E-state index in [-0.39, 0.29) is 0 Å². The minimum absolute atomic E-state index is 0.861. The quantitative estimate of drug-likeness (QED) is 0.222. The second-order valence-electron chi connectivity index (χ2n) is 8.95. The largest absolute Gasteiger partial charge is 0.497 e. The van der Waals surface area contributed by atoms with Gasteiger partial charge in [-0.2, -0.15) is 0 Å². The van der Waals surface area contributed by atoms with Crippen molar-refractivity contribution in [3.05, 3.63) is 127 Å². The highest BCUT2D eigenvalue weighted by molar-refractivity contribution is 7.80. The molecule has 6 rings (SSSR count). The Morgan fingerprint density at radius 2 is 1.03 bits per heavy atom. The summed E-state index contributed by atoms with van der Waals surface area (Å²) >= 11 is 0. The third-order valence-electron chi connectivity index (χ3n) is 6.83. The van der Waals surface area contributed by atoms with Gasteiger partial charge in [0.25, 0.3) is 0 Å². The van der Waals surface area contributed by atoms with Gasteiger partial charge in [0, 0.05) is 0 Å². The Hall–Kier alpha value is -4.13. The van der Waals surface area contributed by atoms with Crippen molar-refractivity contribution in [1.29, 1.82) is 0 Å². The van der Waals surface area contributed by atoms with Crippen LogP contribution in [0.25, 0.3) is 32.7 Å². The van der Waals surface area contributed by atoms with E-state index in [2.05, 4.69) is 115 Å². The summed E-state index contributed by atoms with van der Waals surface area (Å²) in [6.45, 7) is 0. The van der Waals surface area contributed by atoms with Crippen molar-refractivity contribution in [2.75, 3.05) is 14.2 Å². The zero-order valence-corrected chi connectivity index (χ0v) is 21.8. The lowest BCUT2D eigenvalue weighted by Crippen LogP contribution is -2.22. The second-order valence-corrected chi connectivity index (χ2v) is 11.1. The standard InChI is InChI=1S/C34H27O2P/c1-35-26-13-8-15-28(22-26)37(29-16-9-14-27(23-29)36-2)33-21-20-25-11-4-6-18-31(25)34(33)32-19-7-12-24-10-3-5-17-30(24)32/h3-23H,1-2H3. The fourth-order valence-electron chi connectivity index (χ4n) is 5.10. The lowest BCUT2D eigenvalue weighted by Gasteiger charge is -2.25. The monoisotopic (exact) mass is 498 g/mol. The molecule has 2 nitrogen and oxygen atoms in total. The summed E-state index contributed by atoms with van der Waals surface area (Å²) in [6, 6.07) is 45.5. The number of benzene rings is 6. The molecule has 0 amide bonds. The van der Waals surface area contributed by atoms with E-state index in [0.29, 0.717) is 0 Å². The van der Waals surface area contributed by atoms with Crippen LogP contribution >= 0.6 is 7.92 Å². The molecule has 0 aliphatic carbocycles. The molecule has 0 radical (unpaired) electrons. The number of hydrogen-bond donors (Lipinski definition) is 0. The highest BCUT2D eigenvalue weighted by atomic mass is 31.1. The molecule has 180 valence electrons. The maximum Gasteiger partial charge on any atom is 0.119 e. The molecule has 0 aliphatic heterocycles. The molecule has 3 heteroatoms. The minimum atomic E-state index is -0.923. The first-order valence-corrected chi connectivity index (χ1v) is 13.7. The van der Waals surface area contributed by atoms with Crippen LogP contribution in [0.4, 0.5) is 0 Å². The zero-order valence-electron chi connectivity index (χ0n) is 20.9. The maximum atomic E-state index is 5.65. The third kappa shape index (κ3) is 4.35. The zero-order chi connectivity index (χ0) is 25.2. The van der Waals surface area contributed by atoms with Gasteiger partial charge in [-0.05, 0) is 80.8 Å². The number of fused-ring (bicyclic) bond motifs is 2. The van der Waals surface area contributed by atoms with Crippen LogP contribution in [0, 0.1) is 0 Å². The Morgan fingerprint density at radius 1 is 0.486 bits per heavy atom. The van der Waals surface area contributed by atoms with Crippen molar-refractivity contribution in [3.63, 3.8) is 0 Å². The van der Waals surface area contributed by atoms with Crippen LogP contribution in [-0.4, -0.2) is 14.2 Å². The van der Waals surface area contributed by atoms with E-state index in [9.17, 15) is 0 Å². The third-order valence-corrected chi connectivity index (χ3v) is 9.27. The average Bonchev–Trinajstić information content (AvgIpc) is 2.97. The molecule has 0 unspecified atom stereocenters. The van der Waals surface area contributed by atoms with Crippen LogP contribution in [0.15, 0.2) is 127 Å². The Balaban J connectivity index is 1.72. The van der Waals surface area contributed by atoms with E-state index in [1.165, 1.54) is 48.6 Å². The molecule has 0 atom stereocenters. The van der Waals surface area contributed by atoms with Crippen molar-refractivity contribution >= 4 is 45.4 Å². The molecule has 0 bridgehead atoms. The van der Waals surface area contributed by atoms with Gasteiger partial charge in [0.15, 0.2) is 0 Å². The van der Waals surface area contributed by atoms with E-state index in [0.717, 1.165) is 11.5 Å². The van der Waals surface area contributed by atoms with Crippen LogP contribution in [0.2, 0.25) is 0 Å². The Labute approximate surface area is 218 Å². The molecule has 0 aliphatic rings. The molecular weight excluding hydrogens is 471 g/mol. The SMILES string of the molecule is COc1cccc(P(c2cccc(OC)c2)c2ccc3ccccc3c2-c2cccc3ccccc23)c1. The van der Waals surface area contributed by atoms with Gasteiger partial charge < -0.3 is 9.47 Å². The highest BCUT2D eigenvalue weighted by Crippen LogP contribution is 2.42. The van der Waals surface area contributed by atoms with E-state index in [1.807, 2.05) is 12.1 Å². The summed E-state index contributed by atoms with van der Waals surface area (Å²) in [5.74, 6) is 1.72.